The standard InChI is InChI=1S/C32H18OS/c33-34(27-17-13-23-9-7-19-3-1-5-21-11-15-25(27)31(23)29(19)21)28-18-14-24-10-8-20-4-2-6-22-12-16-26(28)32(24)30(20)22/h1-18H. The van der Waals surface area contributed by atoms with Crippen LogP contribution in [0.2, 0.25) is 0 Å². The van der Waals surface area contributed by atoms with Gasteiger partial charge in [-0.15, -0.1) is 0 Å². The first-order valence-corrected chi connectivity index (χ1v) is 12.7. The maximum absolute atomic E-state index is 14.2. The van der Waals surface area contributed by atoms with Crippen molar-refractivity contribution in [2.75, 3.05) is 0 Å². The smallest absolute Gasteiger partial charge is 0.0862 e. The molecule has 0 amide bonds. The van der Waals surface area contributed by atoms with Gasteiger partial charge in [-0.25, -0.2) is 4.21 Å². The van der Waals surface area contributed by atoms with Gasteiger partial charge in [0.25, 0.3) is 0 Å². The molecule has 8 aromatic carbocycles. The van der Waals surface area contributed by atoms with E-state index >= 15 is 0 Å². The molecule has 0 fully saturated rings. The quantitative estimate of drug-likeness (QED) is 0.241. The summed E-state index contributed by atoms with van der Waals surface area (Å²) in [7, 11) is -1.31. The first kappa shape index (κ1) is 18.4. The summed E-state index contributed by atoms with van der Waals surface area (Å²) in [6.45, 7) is 0. The third kappa shape index (κ3) is 2.31. The Labute approximate surface area is 198 Å². The maximum Gasteiger partial charge on any atom is 0.0862 e. The van der Waals surface area contributed by atoms with Crippen LogP contribution in [0.25, 0.3) is 64.6 Å². The van der Waals surface area contributed by atoms with Crippen molar-refractivity contribution in [2.24, 2.45) is 0 Å². The van der Waals surface area contributed by atoms with Crippen LogP contribution < -0.4 is 0 Å². The minimum Gasteiger partial charge on any atom is -0.249 e. The monoisotopic (exact) mass is 450 g/mol. The largest absolute Gasteiger partial charge is 0.249 e. The molecule has 0 aliphatic rings. The van der Waals surface area contributed by atoms with Gasteiger partial charge in [-0.1, -0.05) is 97.1 Å². The van der Waals surface area contributed by atoms with Gasteiger partial charge in [0.15, 0.2) is 0 Å². The molecule has 0 heterocycles. The normalized spacial score (nSPS) is 12.5. The van der Waals surface area contributed by atoms with Crippen LogP contribution in [0.1, 0.15) is 0 Å². The van der Waals surface area contributed by atoms with Crippen LogP contribution in [0.3, 0.4) is 0 Å². The molecule has 8 aromatic rings. The molecule has 0 radical (unpaired) electrons. The van der Waals surface area contributed by atoms with Gasteiger partial charge in [0, 0.05) is 0 Å². The maximum atomic E-state index is 14.2. The van der Waals surface area contributed by atoms with E-state index in [1.807, 2.05) is 0 Å². The molecule has 0 atom stereocenters. The fraction of sp³-hybridized carbons (Fsp3) is 0. The summed E-state index contributed by atoms with van der Waals surface area (Å²) in [5.74, 6) is 0. The van der Waals surface area contributed by atoms with E-state index in [-0.39, 0.29) is 0 Å². The lowest BCUT2D eigenvalue weighted by molar-refractivity contribution is 0.684. The SMILES string of the molecule is O=S(c1ccc2ccc3cccc4ccc1c2c34)c1ccc2ccc3cccc4ccc1c2c34. The molecule has 2 heteroatoms. The summed E-state index contributed by atoms with van der Waals surface area (Å²) in [6, 6.07) is 38.5. The Morgan fingerprint density at radius 1 is 0.353 bits per heavy atom. The fourth-order valence-corrected chi connectivity index (χ4v) is 7.22. The van der Waals surface area contributed by atoms with Crippen LogP contribution in [0.4, 0.5) is 0 Å². The van der Waals surface area contributed by atoms with Gasteiger partial charge in [-0.3, -0.25) is 0 Å². The van der Waals surface area contributed by atoms with Crippen molar-refractivity contribution in [3.8, 4) is 0 Å². The lowest BCUT2D eigenvalue weighted by atomic mass is 9.94. The molecule has 158 valence electrons. The molecule has 0 bridgehead atoms. The Bertz CT molecular complexity index is 1900. The Morgan fingerprint density at radius 2 is 0.676 bits per heavy atom. The Morgan fingerprint density at radius 3 is 1.09 bits per heavy atom. The summed E-state index contributed by atoms with van der Waals surface area (Å²) in [4.78, 5) is 1.75. The predicted octanol–water partition coefficient (Wildman–Crippen LogP) is 8.65. The van der Waals surface area contributed by atoms with E-state index < -0.39 is 10.8 Å². The highest BCUT2D eigenvalue weighted by atomic mass is 32.2. The second-order valence-corrected chi connectivity index (χ2v) is 10.5. The molecule has 8 rings (SSSR count). The van der Waals surface area contributed by atoms with E-state index in [2.05, 4.69) is 109 Å². The van der Waals surface area contributed by atoms with Crippen molar-refractivity contribution in [3.05, 3.63) is 109 Å². The average molecular weight is 451 g/mol. The predicted molar refractivity (Wildman–Crippen MR) is 145 cm³/mol. The molecule has 0 aromatic heterocycles. The van der Waals surface area contributed by atoms with Gasteiger partial charge in [0.05, 0.1) is 20.6 Å². The minimum absolute atomic E-state index is 0.876. The van der Waals surface area contributed by atoms with E-state index in [0.717, 1.165) is 20.6 Å². The van der Waals surface area contributed by atoms with Crippen LogP contribution >= 0.6 is 0 Å². The second-order valence-electron chi connectivity index (χ2n) is 9.11. The molecular weight excluding hydrogens is 432 g/mol. The number of benzene rings is 8. The highest BCUT2D eigenvalue weighted by molar-refractivity contribution is 7.85. The Kier molecular flexibility index (Phi) is 3.54. The zero-order chi connectivity index (χ0) is 22.4. The third-order valence-electron chi connectivity index (χ3n) is 7.38. The van der Waals surface area contributed by atoms with Crippen LogP contribution in [0.15, 0.2) is 119 Å². The van der Waals surface area contributed by atoms with Gasteiger partial charge in [-0.05, 0) is 76.8 Å². The van der Waals surface area contributed by atoms with E-state index in [0.29, 0.717) is 0 Å². The summed E-state index contributed by atoms with van der Waals surface area (Å²) in [6.07, 6.45) is 0. The third-order valence-corrected chi connectivity index (χ3v) is 8.89. The van der Waals surface area contributed by atoms with Gasteiger partial charge >= 0.3 is 0 Å². The van der Waals surface area contributed by atoms with Crippen molar-refractivity contribution in [1.82, 2.24) is 0 Å². The number of rotatable bonds is 2. The van der Waals surface area contributed by atoms with Crippen molar-refractivity contribution in [2.45, 2.75) is 9.79 Å². The van der Waals surface area contributed by atoms with E-state index in [1.165, 1.54) is 53.9 Å². The highest BCUT2D eigenvalue weighted by Crippen LogP contribution is 2.41. The topological polar surface area (TPSA) is 17.1 Å². The lowest BCUT2D eigenvalue weighted by Gasteiger charge is -2.16. The number of hydrogen-bond donors (Lipinski definition) is 0. The van der Waals surface area contributed by atoms with Crippen molar-refractivity contribution >= 4 is 75.4 Å². The molecule has 0 aliphatic heterocycles. The highest BCUT2D eigenvalue weighted by Gasteiger charge is 2.19. The molecule has 0 N–H and O–H groups in total. The van der Waals surface area contributed by atoms with Crippen molar-refractivity contribution in [3.63, 3.8) is 0 Å². The molecule has 0 saturated carbocycles. The second kappa shape index (κ2) is 6.53. The van der Waals surface area contributed by atoms with Crippen LogP contribution in [0.5, 0.6) is 0 Å². The Hall–Kier alpha value is -4.01. The van der Waals surface area contributed by atoms with Crippen molar-refractivity contribution in [1.29, 1.82) is 0 Å². The van der Waals surface area contributed by atoms with Gasteiger partial charge in [-0.2, -0.15) is 0 Å². The molecule has 1 nitrogen and oxygen atoms in total. The zero-order valence-corrected chi connectivity index (χ0v) is 19.0. The average Bonchev–Trinajstić information content (AvgIpc) is 2.90. The summed E-state index contributed by atoms with van der Waals surface area (Å²) in [5.41, 5.74) is 0. The van der Waals surface area contributed by atoms with Gasteiger partial charge in [0.2, 0.25) is 0 Å². The summed E-state index contributed by atoms with van der Waals surface area (Å²) >= 11 is 0. The van der Waals surface area contributed by atoms with Crippen LogP contribution in [-0.4, -0.2) is 4.21 Å². The molecule has 0 aliphatic carbocycles. The lowest BCUT2D eigenvalue weighted by Crippen LogP contribution is -1.97. The first-order chi connectivity index (χ1) is 16.8. The van der Waals surface area contributed by atoms with E-state index in [1.54, 1.807) is 0 Å². The molecular formula is C32H18OS. The Balaban J connectivity index is 1.45. The van der Waals surface area contributed by atoms with Crippen LogP contribution in [0, 0.1) is 0 Å². The van der Waals surface area contributed by atoms with Crippen molar-refractivity contribution < 1.29 is 4.21 Å². The van der Waals surface area contributed by atoms with Gasteiger partial charge in [0.1, 0.15) is 0 Å². The molecule has 0 saturated heterocycles. The zero-order valence-electron chi connectivity index (χ0n) is 18.2. The van der Waals surface area contributed by atoms with Gasteiger partial charge < -0.3 is 0 Å². The number of hydrogen-bond acceptors (Lipinski definition) is 1. The first-order valence-electron chi connectivity index (χ1n) is 11.5. The molecule has 34 heavy (non-hydrogen) atoms. The van der Waals surface area contributed by atoms with E-state index in [4.69, 9.17) is 0 Å². The fourth-order valence-electron chi connectivity index (χ4n) is 5.86. The summed E-state index contributed by atoms with van der Waals surface area (Å²) in [5, 5.41) is 14.4. The van der Waals surface area contributed by atoms with Crippen LogP contribution in [-0.2, 0) is 10.8 Å². The minimum atomic E-state index is -1.31. The molecule has 0 spiro atoms. The summed E-state index contributed by atoms with van der Waals surface area (Å²) < 4.78 is 14.2. The van der Waals surface area contributed by atoms with E-state index in [9.17, 15) is 4.21 Å². The molecule has 0 unspecified atom stereocenters.